The Labute approximate surface area is 105 Å². The zero-order valence-corrected chi connectivity index (χ0v) is 11.8. The van der Waals surface area contributed by atoms with Gasteiger partial charge in [0, 0.05) is 0 Å². The van der Waals surface area contributed by atoms with E-state index in [0.717, 1.165) is 12.3 Å². The maximum Gasteiger partial charge on any atom is 0.0644 e. The maximum atomic E-state index is 9.71. The van der Waals surface area contributed by atoms with Crippen LogP contribution in [0.25, 0.3) is 0 Å². The van der Waals surface area contributed by atoms with E-state index in [1.165, 1.54) is 31.3 Å². The average molecular weight is 234 g/mol. The van der Waals surface area contributed by atoms with Crippen molar-refractivity contribution in [2.24, 2.45) is 22.2 Å². The topological polar surface area (TPSA) is 20.2 Å². The standard InChI is InChI=1S/C16H26O/c1-14(2)7-5-11(10-17)13-15(3,4)12-6-8-16(13,14)9-12/h12,17H,5-10H2,1-4H3. The molecule has 1 nitrogen and oxygen atoms in total. The van der Waals surface area contributed by atoms with Crippen molar-refractivity contribution in [3.63, 3.8) is 0 Å². The van der Waals surface area contributed by atoms with Gasteiger partial charge in [-0.25, -0.2) is 0 Å². The average Bonchev–Trinajstić information content (AvgIpc) is 2.76. The van der Waals surface area contributed by atoms with Crippen molar-refractivity contribution in [2.75, 3.05) is 6.61 Å². The third kappa shape index (κ3) is 1.19. The van der Waals surface area contributed by atoms with Crippen LogP contribution in [0, 0.1) is 22.2 Å². The molecule has 0 saturated heterocycles. The quantitative estimate of drug-likeness (QED) is 0.682. The molecule has 0 heterocycles. The molecule has 0 aromatic heterocycles. The first kappa shape index (κ1) is 11.8. The summed E-state index contributed by atoms with van der Waals surface area (Å²) in [5.41, 5.74) is 4.26. The number of aliphatic hydroxyl groups excluding tert-OH is 1. The molecule has 17 heavy (non-hydrogen) atoms. The normalized spacial score (nSPS) is 41.8. The van der Waals surface area contributed by atoms with Gasteiger partial charge in [0.25, 0.3) is 0 Å². The predicted molar refractivity (Wildman–Crippen MR) is 70.7 cm³/mol. The van der Waals surface area contributed by atoms with Gasteiger partial charge in [-0.3, -0.25) is 0 Å². The largest absolute Gasteiger partial charge is 0.392 e. The van der Waals surface area contributed by atoms with Crippen molar-refractivity contribution in [2.45, 2.75) is 59.8 Å². The first-order valence-corrected chi connectivity index (χ1v) is 7.19. The second kappa shape index (κ2) is 3.17. The molecule has 2 unspecified atom stereocenters. The van der Waals surface area contributed by atoms with Gasteiger partial charge in [-0.15, -0.1) is 0 Å². The molecule has 2 bridgehead atoms. The number of allylic oxidation sites excluding steroid dienone is 1. The zero-order valence-electron chi connectivity index (χ0n) is 11.8. The minimum Gasteiger partial charge on any atom is -0.392 e. The minimum absolute atomic E-state index is 0.295. The van der Waals surface area contributed by atoms with Gasteiger partial charge >= 0.3 is 0 Å². The number of hydrogen-bond acceptors (Lipinski definition) is 1. The number of fused-ring (bicyclic) bond motifs is 1. The van der Waals surface area contributed by atoms with Gasteiger partial charge in [0.2, 0.25) is 0 Å². The van der Waals surface area contributed by atoms with Crippen molar-refractivity contribution in [3.8, 4) is 0 Å². The Morgan fingerprint density at radius 1 is 1.18 bits per heavy atom. The van der Waals surface area contributed by atoms with E-state index in [9.17, 15) is 5.11 Å². The Morgan fingerprint density at radius 3 is 2.53 bits per heavy atom. The molecule has 3 aliphatic rings. The molecule has 96 valence electrons. The third-order valence-electron chi connectivity index (χ3n) is 6.55. The molecule has 0 aromatic rings. The highest BCUT2D eigenvalue weighted by Gasteiger charge is 2.65. The van der Waals surface area contributed by atoms with Crippen LogP contribution in [0.3, 0.4) is 0 Å². The van der Waals surface area contributed by atoms with Crippen LogP contribution in [0.4, 0.5) is 0 Å². The molecule has 2 atom stereocenters. The summed E-state index contributed by atoms with van der Waals surface area (Å²) in [5, 5.41) is 9.71. The highest BCUT2D eigenvalue weighted by Crippen LogP contribution is 2.74. The Bertz CT molecular complexity index is 388. The van der Waals surface area contributed by atoms with Crippen molar-refractivity contribution >= 4 is 0 Å². The molecule has 2 fully saturated rings. The predicted octanol–water partition coefficient (Wildman–Crippen LogP) is 3.92. The van der Waals surface area contributed by atoms with Crippen LogP contribution < -0.4 is 0 Å². The number of rotatable bonds is 1. The molecule has 0 aromatic carbocycles. The van der Waals surface area contributed by atoms with E-state index < -0.39 is 0 Å². The van der Waals surface area contributed by atoms with E-state index in [2.05, 4.69) is 27.7 Å². The van der Waals surface area contributed by atoms with Crippen LogP contribution in [-0.2, 0) is 0 Å². The molecule has 1 spiro atoms. The monoisotopic (exact) mass is 234 g/mol. The second-order valence-corrected chi connectivity index (χ2v) is 7.76. The third-order valence-corrected chi connectivity index (χ3v) is 6.55. The van der Waals surface area contributed by atoms with Crippen LogP contribution >= 0.6 is 0 Å². The van der Waals surface area contributed by atoms with Crippen LogP contribution in [0.15, 0.2) is 11.1 Å². The van der Waals surface area contributed by atoms with E-state index in [4.69, 9.17) is 0 Å². The van der Waals surface area contributed by atoms with Gasteiger partial charge in [0.1, 0.15) is 0 Å². The first-order valence-electron chi connectivity index (χ1n) is 7.19. The lowest BCUT2D eigenvalue weighted by Gasteiger charge is -2.52. The summed E-state index contributed by atoms with van der Waals surface area (Å²) < 4.78 is 0. The van der Waals surface area contributed by atoms with E-state index in [1.807, 2.05) is 0 Å². The molecule has 3 rings (SSSR count). The molecule has 1 N–H and O–H groups in total. The summed E-state index contributed by atoms with van der Waals surface area (Å²) in [5.74, 6) is 0.858. The molecule has 0 aliphatic heterocycles. The van der Waals surface area contributed by atoms with Crippen LogP contribution in [0.2, 0.25) is 0 Å². The molecular weight excluding hydrogens is 208 g/mol. The van der Waals surface area contributed by atoms with E-state index >= 15 is 0 Å². The lowest BCUT2D eigenvalue weighted by Crippen LogP contribution is -2.43. The molecule has 2 saturated carbocycles. The molecule has 0 amide bonds. The van der Waals surface area contributed by atoms with Crippen LogP contribution in [0.1, 0.15) is 59.8 Å². The highest BCUT2D eigenvalue weighted by atomic mass is 16.3. The van der Waals surface area contributed by atoms with Gasteiger partial charge in [0.15, 0.2) is 0 Å². The van der Waals surface area contributed by atoms with Crippen LogP contribution in [-0.4, -0.2) is 11.7 Å². The minimum atomic E-state index is 0.295. The lowest BCUT2D eigenvalue weighted by atomic mass is 9.52. The lowest BCUT2D eigenvalue weighted by molar-refractivity contribution is 0.0815. The maximum absolute atomic E-state index is 9.71. The summed E-state index contributed by atoms with van der Waals surface area (Å²) >= 11 is 0. The van der Waals surface area contributed by atoms with Gasteiger partial charge in [0.05, 0.1) is 6.61 Å². The number of hydrogen-bond donors (Lipinski definition) is 1. The van der Waals surface area contributed by atoms with Crippen molar-refractivity contribution in [1.82, 2.24) is 0 Å². The van der Waals surface area contributed by atoms with Crippen molar-refractivity contribution in [3.05, 3.63) is 11.1 Å². The Morgan fingerprint density at radius 2 is 1.88 bits per heavy atom. The van der Waals surface area contributed by atoms with Gasteiger partial charge in [-0.05, 0) is 59.8 Å². The van der Waals surface area contributed by atoms with E-state index in [0.29, 0.717) is 22.9 Å². The summed E-state index contributed by atoms with van der Waals surface area (Å²) in [6, 6.07) is 0. The fourth-order valence-electron chi connectivity index (χ4n) is 5.44. The SMILES string of the molecule is CC1(C)C2=C(CO)CCC(C)(C)C23CCC1C3. The summed E-state index contributed by atoms with van der Waals surface area (Å²) in [4.78, 5) is 0. The zero-order chi connectivity index (χ0) is 12.5. The van der Waals surface area contributed by atoms with Gasteiger partial charge in [-0.1, -0.05) is 33.3 Å². The highest BCUT2D eigenvalue weighted by molar-refractivity contribution is 5.41. The van der Waals surface area contributed by atoms with Crippen molar-refractivity contribution in [1.29, 1.82) is 0 Å². The summed E-state index contributed by atoms with van der Waals surface area (Å²) in [7, 11) is 0. The smallest absolute Gasteiger partial charge is 0.0644 e. The summed E-state index contributed by atoms with van der Waals surface area (Å²) in [6.45, 7) is 10.1. The molecular formula is C16H26O. The van der Waals surface area contributed by atoms with E-state index in [1.54, 1.807) is 5.57 Å². The number of aliphatic hydroxyl groups is 1. The summed E-state index contributed by atoms with van der Waals surface area (Å²) in [6.07, 6.45) is 6.53. The Balaban J connectivity index is 2.22. The Hall–Kier alpha value is -0.300. The van der Waals surface area contributed by atoms with Gasteiger partial charge in [-0.2, -0.15) is 0 Å². The molecule has 0 radical (unpaired) electrons. The van der Waals surface area contributed by atoms with E-state index in [-0.39, 0.29) is 0 Å². The second-order valence-electron chi connectivity index (χ2n) is 7.76. The van der Waals surface area contributed by atoms with Crippen LogP contribution in [0.5, 0.6) is 0 Å². The fourth-order valence-corrected chi connectivity index (χ4v) is 5.44. The molecule has 1 heteroatoms. The van der Waals surface area contributed by atoms with Gasteiger partial charge < -0.3 is 5.11 Å². The molecule has 3 aliphatic carbocycles. The first-order chi connectivity index (χ1) is 7.85. The Kier molecular flexibility index (Phi) is 2.20. The fraction of sp³-hybridized carbons (Fsp3) is 0.875. The van der Waals surface area contributed by atoms with Crippen molar-refractivity contribution < 1.29 is 5.11 Å².